The van der Waals surface area contributed by atoms with Gasteiger partial charge in [-0.1, -0.05) is 0 Å². The van der Waals surface area contributed by atoms with Gasteiger partial charge in [0.2, 0.25) is 23.6 Å². The lowest BCUT2D eigenvalue weighted by Gasteiger charge is -2.24. The van der Waals surface area contributed by atoms with Crippen LogP contribution in [-0.4, -0.2) is 82.2 Å². The van der Waals surface area contributed by atoms with Crippen LogP contribution in [-0.2, 0) is 28.8 Å². The van der Waals surface area contributed by atoms with Gasteiger partial charge in [0.05, 0.1) is 12.5 Å². The van der Waals surface area contributed by atoms with Crippen molar-refractivity contribution in [3.05, 3.63) is 0 Å². The van der Waals surface area contributed by atoms with Crippen molar-refractivity contribution in [1.82, 2.24) is 16.0 Å². The number of nitrogens with two attached hydrogens (primary N) is 3. The zero-order valence-corrected chi connectivity index (χ0v) is 18.9. The Labute approximate surface area is 195 Å². The highest BCUT2D eigenvalue weighted by molar-refractivity contribution is 7.80. The molecule has 0 spiro atoms. The van der Waals surface area contributed by atoms with Crippen LogP contribution in [0.4, 0.5) is 0 Å². The van der Waals surface area contributed by atoms with E-state index in [1.807, 2.05) is 0 Å². The monoisotopic (exact) mass is 492 g/mol. The summed E-state index contributed by atoms with van der Waals surface area (Å²) in [5.74, 6) is -6.23. The lowest BCUT2D eigenvalue weighted by atomic mass is 10.1. The number of thiol groups is 1. The summed E-state index contributed by atoms with van der Waals surface area (Å²) in [6.45, 7) is 0.327. The second-order valence-corrected chi connectivity index (χ2v) is 7.56. The fraction of sp³-hybridized carbons (Fsp3) is 0.667. The number of carboxylic acid groups (broad SMARTS) is 2. The summed E-state index contributed by atoms with van der Waals surface area (Å²) in [6.07, 6.45) is -0.224. The molecule has 4 atom stereocenters. The standard InChI is InChI=1S/C18H32N6O8S/c19-6-2-1-3-10(22-15(28)9(20)7-13(21)25)16(29)23-11(4-5-14(26)27)17(30)24-12(8-33)18(31)32/h9-12,33H,1-8,19-20H2,(H2,21,25)(H,22,28)(H,23,29)(H,24,30)(H,26,27)(H,31,32). The highest BCUT2D eigenvalue weighted by Gasteiger charge is 2.30. The van der Waals surface area contributed by atoms with Gasteiger partial charge in [0.15, 0.2) is 0 Å². The number of nitrogens with one attached hydrogen (secondary N) is 3. The number of unbranched alkanes of at least 4 members (excludes halogenated alkanes) is 1. The fourth-order valence-electron chi connectivity index (χ4n) is 2.62. The van der Waals surface area contributed by atoms with Crippen molar-refractivity contribution in [3.63, 3.8) is 0 Å². The Hall–Kier alpha value is -2.91. The van der Waals surface area contributed by atoms with Crippen molar-refractivity contribution >= 4 is 48.2 Å². The molecule has 0 bridgehead atoms. The molecule has 0 aromatic rings. The van der Waals surface area contributed by atoms with E-state index in [0.29, 0.717) is 19.4 Å². The number of carbonyl (C=O) groups is 6. The van der Waals surface area contributed by atoms with Crippen LogP contribution in [0.5, 0.6) is 0 Å². The summed E-state index contributed by atoms with van der Waals surface area (Å²) >= 11 is 3.83. The molecule has 188 valence electrons. The molecule has 0 aliphatic rings. The van der Waals surface area contributed by atoms with Crippen molar-refractivity contribution in [3.8, 4) is 0 Å². The third kappa shape index (κ3) is 12.6. The second kappa shape index (κ2) is 15.8. The smallest absolute Gasteiger partial charge is 0.327 e. The summed E-state index contributed by atoms with van der Waals surface area (Å²) in [7, 11) is 0. The molecule has 0 aromatic heterocycles. The zero-order chi connectivity index (χ0) is 25.6. The van der Waals surface area contributed by atoms with Gasteiger partial charge in [-0.3, -0.25) is 24.0 Å². The molecule has 0 fully saturated rings. The molecular formula is C18H32N6O8S. The first kappa shape index (κ1) is 30.1. The third-order valence-corrected chi connectivity index (χ3v) is 4.78. The van der Waals surface area contributed by atoms with Gasteiger partial charge in [-0.05, 0) is 32.2 Å². The minimum absolute atomic E-state index is 0.111. The Morgan fingerprint density at radius 3 is 1.79 bits per heavy atom. The number of carbonyl (C=O) groups excluding carboxylic acids is 4. The average molecular weight is 493 g/mol. The zero-order valence-electron chi connectivity index (χ0n) is 18.0. The summed E-state index contributed by atoms with van der Waals surface area (Å²) in [5, 5.41) is 24.9. The van der Waals surface area contributed by atoms with Gasteiger partial charge in [0.25, 0.3) is 0 Å². The molecule has 0 aromatic carbocycles. The quantitative estimate of drug-likeness (QED) is 0.0719. The van der Waals surface area contributed by atoms with Gasteiger partial charge in [-0.15, -0.1) is 0 Å². The number of amides is 4. The molecule has 4 unspecified atom stereocenters. The second-order valence-electron chi connectivity index (χ2n) is 7.20. The van der Waals surface area contributed by atoms with Crippen molar-refractivity contribution in [1.29, 1.82) is 0 Å². The molecule has 0 heterocycles. The molecule has 15 heteroatoms. The van der Waals surface area contributed by atoms with Gasteiger partial charge >= 0.3 is 11.9 Å². The van der Waals surface area contributed by atoms with Crippen LogP contribution in [0.3, 0.4) is 0 Å². The summed E-state index contributed by atoms with van der Waals surface area (Å²) in [5.41, 5.74) is 16.1. The van der Waals surface area contributed by atoms with E-state index >= 15 is 0 Å². The van der Waals surface area contributed by atoms with Crippen molar-refractivity contribution in [2.24, 2.45) is 17.2 Å². The van der Waals surface area contributed by atoms with Crippen LogP contribution < -0.4 is 33.2 Å². The molecule has 0 rings (SSSR count). The number of hydrogen-bond acceptors (Lipinski definition) is 9. The molecule has 0 saturated carbocycles. The van der Waals surface area contributed by atoms with Crippen LogP contribution in [0.15, 0.2) is 0 Å². The fourth-order valence-corrected chi connectivity index (χ4v) is 2.86. The van der Waals surface area contributed by atoms with Crippen LogP contribution in [0.2, 0.25) is 0 Å². The normalized spacial score (nSPS) is 14.3. The average Bonchev–Trinajstić information content (AvgIpc) is 2.72. The maximum absolute atomic E-state index is 12.8. The van der Waals surface area contributed by atoms with Crippen LogP contribution in [0.25, 0.3) is 0 Å². The lowest BCUT2D eigenvalue weighted by Crippen LogP contribution is -2.57. The molecule has 0 aliphatic carbocycles. The third-order valence-electron chi connectivity index (χ3n) is 4.41. The van der Waals surface area contributed by atoms with E-state index in [0.717, 1.165) is 0 Å². The van der Waals surface area contributed by atoms with Crippen molar-refractivity contribution < 1.29 is 39.0 Å². The van der Waals surface area contributed by atoms with Gasteiger partial charge < -0.3 is 43.4 Å². The molecular weight excluding hydrogens is 460 g/mol. The largest absolute Gasteiger partial charge is 0.481 e. The van der Waals surface area contributed by atoms with E-state index in [9.17, 15) is 28.8 Å². The van der Waals surface area contributed by atoms with E-state index in [2.05, 4.69) is 28.6 Å². The molecule has 0 aliphatic heterocycles. The molecule has 4 amide bonds. The SMILES string of the molecule is NCCCCC(NC(=O)C(N)CC(N)=O)C(=O)NC(CCC(=O)O)C(=O)NC(CS)C(=O)O. The minimum atomic E-state index is -1.40. The lowest BCUT2D eigenvalue weighted by molar-refractivity contribution is -0.142. The first-order valence-electron chi connectivity index (χ1n) is 10.1. The Kier molecular flexibility index (Phi) is 14.4. The van der Waals surface area contributed by atoms with E-state index < -0.39 is 72.6 Å². The van der Waals surface area contributed by atoms with Gasteiger partial charge in [-0.2, -0.15) is 12.6 Å². The highest BCUT2D eigenvalue weighted by atomic mass is 32.1. The summed E-state index contributed by atoms with van der Waals surface area (Å²) in [6, 6.07) is -5.24. The van der Waals surface area contributed by atoms with Crippen LogP contribution in [0, 0.1) is 0 Å². The summed E-state index contributed by atoms with van der Waals surface area (Å²) in [4.78, 5) is 70.6. The van der Waals surface area contributed by atoms with E-state index in [4.69, 9.17) is 27.4 Å². The van der Waals surface area contributed by atoms with Gasteiger partial charge in [0.1, 0.15) is 18.1 Å². The Morgan fingerprint density at radius 1 is 0.818 bits per heavy atom. The number of aliphatic carboxylic acids is 2. The first-order valence-corrected chi connectivity index (χ1v) is 10.8. The minimum Gasteiger partial charge on any atom is -0.481 e. The topological polar surface area (TPSA) is 257 Å². The van der Waals surface area contributed by atoms with E-state index in [-0.39, 0.29) is 18.6 Å². The van der Waals surface area contributed by atoms with Crippen molar-refractivity contribution in [2.45, 2.75) is 62.7 Å². The Bertz CT molecular complexity index is 722. The molecule has 11 N–H and O–H groups in total. The van der Waals surface area contributed by atoms with Gasteiger partial charge in [-0.25, -0.2) is 4.79 Å². The molecule has 0 radical (unpaired) electrons. The van der Waals surface area contributed by atoms with Crippen LogP contribution in [0.1, 0.15) is 38.5 Å². The van der Waals surface area contributed by atoms with E-state index in [1.54, 1.807) is 0 Å². The Balaban J connectivity index is 5.49. The maximum Gasteiger partial charge on any atom is 0.327 e. The number of carboxylic acids is 2. The predicted molar refractivity (Wildman–Crippen MR) is 119 cm³/mol. The van der Waals surface area contributed by atoms with E-state index in [1.165, 1.54) is 0 Å². The number of rotatable bonds is 17. The molecule has 14 nitrogen and oxygen atoms in total. The van der Waals surface area contributed by atoms with Crippen molar-refractivity contribution in [2.75, 3.05) is 12.3 Å². The molecule has 0 saturated heterocycles. The van der Waals surface area contributed by atoms with Gasteiger partial charge in [0, 0.05) is 12.2 Å². The highest BCUT2D eigenvalue weighted by Crippen LogP contribution is 2.06. The number of primary amides is 1. The maximum atomic E-state index is 12.8. The number of hydrogen-bond donors (Lipinski definition) is 9. The van der Waals surface area contributed by atoms with Crippen LogP contribution >= 0.6 is 12.6 Å². The Morgan fingerprint density at radius 2 is 1.33 bits per heavy atom. The molecule has 33 heavy (non-hydrogen) atoms. The summed E-state index contributed by atoms with van der Waals surface area (Å²) < 4.78 is 0. The predicted octanol–water partition coefficient (Wildman–Crippen LogP) is -3.35. The first-order chi connectivity index (χ1) is 15.4.